The Morgan fingerprint density at radius 2 is 1.67 bits per heavy atom. The standard InChI is InChI=1S/C18H20N2O/c1-15(21)19-14-6-5-7-16-10-12-18(13-11-16)20-17-8-3-2-4-9-17/h2-5,7-13,20H,6,14H2,1H3,(H,19,21). The second-order valence-corrected chi connectivity index (χ2v) is 4.79. The largest absolute Gasteiger partial charge is 0.356 e. The molecule has 0 radical (unpaired) electrons. The zero-order valence-corrected chi connectivity index (χ0v) is 12.2. The number of benzene rings is 2. The number of carbonyl (C=O) groups excluding carboxylic acids is 1. The van der Waals surface area contributed by atoms with Crippen molar-refractivity contribution in [3.8, 4) is 0 Å². The third kappa shape index (κ3) is 5.53. The Morgan fingerprint density at radius 3 is 2.33 bits per heavy atom. The monoisotopic (exact) mass is 280 g/mol. The van der Waals surface area contributed by atoms with E-state index in [1.807, 2.05) is 30.3 Å². The van der Waals surface area contributed by atoms with E-state index in [-0.39, 0.29) is 5.91 Å². The maximum absolute atomic E-state index is 10.7. The Kier molecular flexibility index (Phi) is 5.59. The first-order valence-electron chi connectivity index (χ1n) is 7.07. The van der Waals surface area contributed by atoms with E-state index in [1.165, 1.54) is 6.92 Å². The lowest BCUT2D eigenvalue weighted by atomic mass is 10.1. The Labute approximate surface area is 125 Å². The van der Waals surface area contributed by atoms with Gasteiger partial charge in [-0.3, -0.25) is 4.79 Å². The van der Waals surface area contributed by atoms with Crippen molar-refractivity contribution < 1.29 is 4.79 Å². The second kappa shape index (κ2) is 7.90. The van der Waals surface area contributed by atoms with Gasteiger partial charge in [-0.05, 0) is 36.2 Å². The molecule has 0 saturated heterocycles. The predicted molar refractivity (Wildman–Crippen MR) is 88.5 cm³/mol. The van der Waals surface area contributed by atoms with Gasteiger partial charge in [0.05, 0.1) is 0 Å². The van der Waals surface area contributed by atoms with Crippen LogP contribution in [0, 0.1) is 0 Å². The highest BCUT2D eigenvalue weighted by atomic mass is 16.1. The third-order valence-corrected chi connectivity index (χ3v) is 2.97. The van der Waals surface area contributed by atoms with Crippen LogP contribution in [-0.2, 0) is 4.79 Å². The molecule has 0 aromatic heterocycles. The summed E-state index contributed by atoms with van der Waals surface area (Å²) in [4.78, 5) is 10.7. The summed E-state index contributed by atoms with van der Waals surface area (Å²) in [5.41, 5.74) is 3.30. The van der Waals surface area contributed by atoms with Gasteiger partial charge in [0, 0.05) is 24.8 Å². The first-order valence-corrected chi connectivity index (χ1v) is 7.07. The van der Waals surface area contributed by atoms with Crippen LogP contribution in [0.1, 0.15) is 18.9 Å². The van der Waals surface area contributed by atoms with E-state index in [1.54, 1.807) is 0 Å². The fourth-order valence-electron chi connectivity index (χ4n) is 1.92. The lowest BCUT2D eigenvalue weighted by Gasteiger charge is -2.06. The van der Waals surface area contributed by atoms with E-state index in [0.29, 0.717) is 6.54 Å². The topological polar surface area (TPSA) is 41.1 Å². The number of rotatable bonds is 6. The molecular formula is C18H20N2O. The molecule has 108 valence electrons. The third-order valence-electron chi connectivity index (χ3n) is 2.97. The van der Waals surface area contributed by atoms with Crippen LogP contribution in [0.25, 0.3) is 6.08 Å². The summed E-state index contributed by atoms with van der Waals surface area (Å²) in [6, 6.07) is 18.3. The molecule has 3 nitrogen and oxygen atoms in total. The number of carbonyl (C=O) groups is 1. The van der Waals surface area contributed by atoms with Crippen molar-refractivity contribution >= 4 is 23.4 Å². The van der Waals surface area contributed by atoms with Gasteiger partial charge in [-0.2, -0.15) is 0 Å². The molecule has 0 aliphatic rings. The van der Waals surface area contributed by atoms with Gasteiger partial charge >= 0.3 is 0 Å². The first-order chi connectivity index (χ1) is 10.2. The molecule has 0 unspecified atom stereocenters. The van der Waals surface area contributed by atoms with Gasteiger partial charge in [0.15, 0.2) is 0 Å². The molecule has 2 N–H and O–H groups in total. The molecule has 3 heteroatoms. The Hall–Kier alpha value is -2.55. The summed E-state index contributed by atoms with van der Waals surface area (Å²) >= 11 is 0. The smallest absolute Gasteiger partial charge is 0.216 e. The lowest BCUT2D eigenvalue weighted by Crippen LogP contribution is -2.20. The van der Waals surface area contributed by atoms with Crippen molar-refractivity contribution in [3.05, 3.63) is 66.2 Å². The van der Waals surface area contributed by atoms with Crippen LogP contribution in [-0.4, -0.2) is 12.5 Å². The summed E-state index contributed by atoms with van der Waals surface area (Å²) in [5.74, 6) is 0.0136. The zero-order chi connectivity index (χ0) is 14.9. The zero-order valence-electron chi connectivity index (χ0n) is 12.2. The van der Waals surface area contributed by atoms with Gasteiger partial charge in [-0.25, -0.2) is 0 Å². The average Bonchev–Trinajstić information content (AvgIpc) is 2.49. The van der Waals surface area contributed by atoms with Crippen LogP contribution < -0.4 is 10.6 Å². The maximum Gasteiger partial charge on any atom is 0.216 e. The molecule has 2 aromatic carbocycles. The molecule has 0 aliphatic carbocycles. The number of hydrogen-bond acceptors (Lipinski definition) is 2. The summed E-state index contributed by atoms with van der Waals surface area (Å²) in [7, 11) is 0. The summed E-state index contributed by atoms with van der Waals surface area (Å²) in [6.07, 6.45) is 4.97. The molecule has 21 heavy (non-hydrogen) atoms. The minimum absolute atomic E-state index is 0.0136. The molecular weight excluding hydrogens is 260 g/mol. The average molecular weight is 280 g/mol. The van der Waals surface area contributed by atoms with Gasteiger partial charge in [0.2, 0.25) is 5.91 Å². The van der Waals surface area contributed by atoms with Crippen molar-refractivity contribution in [1.82, 2.24) is 5.32 Å². The first kappa shape index (κ1) is 14.9. The summed E-state index contributed by atoms with van der Waals surface area (Å²) in [6.45, 7) is 2.21. The SMILES string of the molecule is CC(=O)NCCC=Cc1ccc(Nc2ccccc2)cc1. The minimum Gasteiger partial charge on any atom is -0.356 e. The molecule has 0 atom stereocenters. The molecule has 2 aromatic rings. The van der Waals surface area contributed by atoms with Crippen LogP contribution in [0.2, 0.25) is 0 Å². The van der Waals surface area contributed by atoms with E-state index in [2.05, 4.69) is 47.1 Å². The van der Waals surface area contributed by atoms with E-state index in [9.17, 15) is 4.79 Å². The normalized spacial score (nSPS) is 10.5. The van der Waals surface area contributed by atoms with E-state index in [4.69, 9.17) is 0 Å². The van der Waals surface area contributed by atoms with Crippen molar-refractivity contribution in [2.45, 2.75) is 13.3 Å². The molecule has 0 fully saturated rings. The number of amides is 1. The molecule has 0 aliphatic heterocycles. The minimum atomic E-state index is 0.0136. The van der Waals surface area contributed by atoms with Gasteiger partial charge < -0.3 is 10.6 Å². The van der Waals surface area contributed by atoms with Gasteiger partial charge in [-0.15, -0.1) is 0 Å². The number of nitrogens with one attached hydrogen (secondary N) is 2. The van der Waals surface area contributed by atoms with Crippen LogP contribution >= 0.6 is 0 Å². The highest BCUT2D eigenvalue weighted by Crippen LogP contribution is 2.17. The van der Waals surface area contributed by atoms with E-state index < -0.39 is 0 Å². The van der Waals surface area contributed by atoms with Crippen LogP contribution in [0.15, 0.2) is 60.7 Å². The number of anilines is 2. The fourth-order valence-corrected chi connectivity index (χ4v) is 1.92. The fraction of sp³-hybridized carbons (Fsp3) is 0.167. The molecule has 0 heterocycles. The summed E-state index contributed by atoms with van der Waals surface area (Å²) in [5, 5.41) is 6.12. The van der Waals surface area contributed by atoms with Gasteiger partial charge in [0.1, 0.15) is 0 Å². The second-order valence-electron chi connectivity index (χ2n) is 4.79. The Balaban J connectivity index is 1.84. The molecule has 0 saturated carbocycles. The van der Waals surface area contributed by atoms with Crippen molar-refractivity contribution in [1.29, 1.82) is 0 Å². The van der Waals surface area contributed by atoms with Gasteiger partial charge in [-0.1, -0.05) is 42.5 Å². The van der Waals surface area contributed by atoms with E-state index >= 15 is 0 Å². The van der Waals surface area contributed by atoms with Crippen LogP contribution in [0.5, 0.6) is 0 Å². The van der Waals surface area contributed by atoms with Crippen LogP contribution in [0.4, 0.5) is 11.4 Å². The lowest BCUT2D eigenvalue weighted by molar-refractivity contribution is -0.118. The summed E-state index contributed by atoms with van der Waals surface area (Å²) < 4.78 is 0. The van der Waals surface area contributed by atoms with E-state index in [0.717, 1.165) is 23.4 Å². The highest BCUT2D eigenvalue weighted by Gasteiger charge is 1.93. The highest BCUT2D eigenvalue weighted by molar-refractivity contribution is 5.72. The Morgan fingerprint density at radius 1 is 1.00 bits per heavy atom. The molecule has 2 rings (SSSR count). The molecule has 0 bridgehead atoms. The quantitative estimate of drug-likeness (QED) is 0.786. The number of hydrogen-bond donors (Lipinski definition) is 2. The predicted octanol–water partition coefficient (Wildman–Crippen LogP) is 3.97. The van der Waals surface area contributed by atoms with Crippen molar-refractivity contribution in [2.75, 3.05) is 11.9 Å². The molecule has 0 spiro atoms. The Bertz CT molecular complexity index is 588. The maximum atomic E-state index is 10.7. The van der Waals surface area contributed by atoms with Gasteiger partial charge in [0.25, 0.3) is 0 Å². The van der Waals surface area contributed by atoms with Crippen LogP contribution in [0.3, 0.4) is 0 Å². The van der Waals surface area contributed by atoms with Crippen molar-refractivity contribution in [2.24, 2.45) is 0 Å². The molecule has 1 amide bonds. The van der Waals surface area contributed by atoms with Crippen molar-refractivity contribution in [3.63, 3.8) is 0 Å². The number of para-hydroxylation sites is 1.